The molecule has 0 N–H and O–H groups in total. The number of nitrogens with zero attached hydrogens (tertiary/aromatic N) is 1. The highest BCUT2D eigenvalue weighted by Gasteiger charge is 2.67. The van der Waals surface area contributed by atoms with Gasteiger partial charge in [0.25, 0.3) is 0 Å². The molecule has 0 bridgehead atoms. The molecule has 0 saturated heterocycles. The molecule has 0 saturated carbocycles. The summed E-state index contributed by atoms with van der Waals surface area (Å²) in [5.74, 6) is -0.116. The molecule has 142 valence electrons. The summed E-state index contributed by atoms with van der Waals surface area (Å²) in [4.78, 5) is 18.7. The van der Waals surface area contributed by atoms with Gasteiger partial charge in [-0.3, -0.25) is 9.64 Å². The lowest BCUT2D eigenvalue weighted by molar-refractivity contribution is -0.123. The Kier molecular flexibility index (Phi) is 4.12. The van der Waals surface area contributed by atoms with Gasteiger partial charge >= 0.3 is 5.54 Å². The highest BCUT2D eigenvalue weighted by Crippen LogP contribution is 2.56. The fraction of sp³-hybridized carbons (Fsp3) is 0.0714. The summed E-state index contributed by atoms with van der Waals surface area (Å²) in [5, 5.41) is 0. The van der Waals surface area contributed by atoms with E-state index in [1.807, 2.05) is 115 Å². The van der Waals surface area contributed by atoms with Gasteiger partial charge in [-0.05, 0) is 22.8 Å². The summed E-state index contributed by atoms with van der Waals surface area (Å²) in [7, 11) is 0. The molecular weight excluding hydrogens is 366 g/mol. The van der Waals surface area contributed by atoms with Crippen molar-refractivity contribution >= 4 is 5.78 Å². The Morgan fingerprint density at radius 2 is 0.933 bits per heavy atom. The molecule has 0 fully saturated rings. The molecule has 0 spiro atoms. The van der Waals surface area contributed by atoms with Crippen LogP contribution in [0.4, 0.5) is 0 Å². The van der Waals surface area contributed by atoms with Crippen molar-refractivity contribution in [2.24, 2.45) is 0 Å². The number of Topliss-reactive ketones (excluding diaryl/α,β-unsaturated/α-hetero) is 1. The Labute approximate surface area is 176 Å². The van der Waals surface area contributed by atoms with Crippen molar-refractivity contribution in [3.63, 3.8) is 0 Å². The van der Waals surface area contributed by atoms with Gasteiger partial charge in [0.2, 0.25) is 5.78 Å². The van der Waals surface area contributed by atoms with Crippen LogP contribution in [0.25, 0.3) is 4.85 Å². The van der Waals surface area contributed by atoms with Crippen LogP contribution in [0.15, 0.2) is 115 Å². The van der Waals surface area contributed by atoms with Crippen molar-refractivity contribution in [1.29, 1.82) is 0 Å². The summed E-state index contributed by atoms with van der Waals surface area (Å²) in [6, 6.07) is 37.0. The van der Waals surface area contributed by atoms with Crippen molar-refractivity contribution in [2.75, 3.05) is 0 Å². The maximum atomic E-state index is 14.6. The third-order valence-electron chi connectivity index (χ3n) is 6.16. The number of fused-ring (bicyclic) bond motifs is 1. The Hall–Kier alpha value is -3.96. The fourth-order valence-electron chi connectivity index (χ4n) is 4.90. The van der Waals surface area contributed by atoms with E-state index in [1.165, 1.54) is 0 Å². The lowest BCUT2D eigenvalue weighted by Gasteiger charge is -2.30. The predicted octanol–water partition coefficient (Wildman–Crippen LogP) is 5.77. The van der Waals surface area contributed by atoms with Crippen LogP contribution in [0, 0.1) is 6.57 Å². The number of benzene rings is 4. The van der Waals surface area contributed by atoms with Gasteiger partial charge < -0.3 is 0 Å². The summed E-state index contributed by atoms with van der Waals surface area (Å²) in [6.45, 7) is 8.25. The van der Waals surface area contributed by atoms with E-state index in [4.69, 9.17) is 6.57 Å². The van der Waals surface area contributed by atoms with Crippen molar-refractivity contribution < 1.29 is 4.79 Å². The molecule has 2 nitrogen and oxygen atoms in total. The molecule has 4 aromatic rings. The molecule has 1 aliphatic carbocycles. The largest absolute Gasteiger partial charge is 0.341 e. The molecule has 1 unspecified atom stereocenters. The normalized spacial score (nSPS) is 19.1. The maximum absolute atomic E-state index is 14.6. The zero-order valence-corrected chi connectivity index (χ0v) is 16.3. The second-order valence-corrected chi connectivity index (χ2v) is 7.54. The quantitative estimate of drug-likeness (QED) is 0.411. The molecule has 0 aromatic heterocycles. The first-order valence-electron chi connectivity index (χ1n) is 9.96. The van der Waals surface area contributed by atoms with Crippen LogP contribution in [0.5, 0.6) is 0 Å². The number of carbonyl (C=O) groups is 1. The van der Waals surface area contributed by atoms with E-state index in [2.05, 4.69) is 4.85 Å². The van der Waals surface area contributed by atoms with Crippen molar-refractivity contribution in [3.8, 4) is 0 Å². The van der Waals surface area contributed by atoms with E-state index in [1.54, 1.807) is 0 Å². The molecule has 1 atom stereocenters. The average molecular weight is 385 g/mol. The van der Waals surface area contributed by atoms with Gasteiger partial charge in [-0.1, -0.05) is 109 Å². The van der Waals surface area contributed by atoms with Crippen molar-refractivity contribution in [1.82, 2.24) is 0 Å². The van der Waals surface area contributed by atoms with Gasteiger partial charge in [-0.2, -0.15) is 0 Å². The van der Waals surface area contributed by atoms with Gasteiger partial charge in [0.1, 0.15) is 5.41 Å². The van der Waals surface area contributed by atoms with Crippen molar-refractivity contribution in [3.05, 3.63) is 154 Å². The van der Waals surface area contributed by atoms with Gasteiger partial charge in [0, 0.05) is 5.56 Å². The maximum Gasteiger partial charge on any atom is 0.341 e. The minimum Gasteiger partial charge on any atom is -0.291 e. The molecule has 0 aliphatic heterocycles. The van der Waals surface area contributed by atoms with Gasteiger partial charge in [-0.15, -0.1) is 0 Å². The summed E-state index contributed by atoms with van der Waals surface area (Å²) < 4.78 is 0. The van der Waals surface area contributed by atoms with E-state index in [-0.39, 0.29) is 5.78 Å². The molecule has 30 heavy (non-hydrogen) atoms. The van der Waals surface area contributed by atoms with Crippen LogP contribution < -0.4 is 0 Å². The number of ketones is 1. The standard InChI is InChI=1S/C28H19NO/c1-29-28(23-17-9-4-10-18-23)25-20-12-11-19-24(25)27(26(28)30,21-13-5-2-6-14-21)22-15-7-3-8-16-22/h2-20H. The Morgan fingerprint density at radius 1 is 0.533 bits per heavy atom. The zero-order chi connectivity index (χ0) is 20.6. The fourth-order valence-corrected chi connectivity index (χ4v) is 4.90. The Bertz CT molecular complexity index is 1220. The number of hydrogen-bond acceptors (Lipinski definition) is 1. The van der Waals surface area contributed by atoms with E-state index < -0.39 is 11.0 Å². The van der Waals surface area contributed by atoms with Crippen molar-refractivity contribution in [2.45, 2.75) is 11.0 Å². The van der Waals surface area contributed by atoms with E-state index >= 15 is 0 Å². The number of carbonyl (C=O) groups excluding carboxylic acids is 1. The lowest BCUT2D eigenvalue weighted by Crippen LogP contribution is -2.42. The van der Waals surface area contributed by atoms with E-state index in [9.17, 15) is 4.79 Å². The zero-order valence-electron chi connectivity index (χ0n) is 16.3. The monoisotopic (exact) mass is 385 g/mol. The molecule has 0 heterocycles. The lowest BCUT2D eigenvalue weighted by atomic mass is 9.68. The SMILES string of the molecule is [C-]#[N+]C1(c2ccccc2)C(=O)C(c2ccccc2)(c2ccccc2)c2ccccc21. The highest BCUT2D eigenvalue weighted by molar-refractivity contribution is 6.12. The number of rotatable bonds is 3. The topological polar surface area (TPSA) is 21.4 Å². The third-order valence-corrected chi connectivity index (χ3v) is 6.16. The minimum absolute atomic E-state index is 0.116. The van der Waals surface area contributed by atoms with Crippen LogP contribution in [0.3, 0.4) is 0 Å². The first-order valence-corrected chi connectivity index (χ1v) is 9.96. The highest BCUT2D eigenvalue weighted by atomic mass is 16.1. The second kappa shape index (κ2) is 6.83. The molecule has 1 aliphatic rings. The van der Waals surface area contributed by atoms with Crippen LogP contribution in [-0.4, -0.2) is 5.78 Å². The molecule has 2 heteroatoms. The molecule has 5 rings (SSSR count). The first-order chi connectivity index (χ1) is 14.8. The van der Waals surface area contributed by atoms with Crippen LogP contribution >= 0.6 is 0 Å². The van der Waals surface area contributed by atoms with E-state index in [0.29, 0.717) is 5.56 Å². The Morgan fingerprint density at radius 3 is 1.40 bits per heavy atom. The van der Waals surface area contributed by atoms with Crippen LogP contribution in [-0.2, 0) is 15.7 Å². The third kappa shape index (κ3) is 2.21. The Balaban J connectivity index is 1.95. The molecular formula is C28H19NO. The number of hydrogen-bond donors (Lipinski definition) is 0. The molecule has 4 aromatic carbocycles. The summed E-state index contributed by atoms with van der Waals surface area (Å²) in [5.41, 5.74) is 1.70. The van der Waals surface area contributed by atoms with Crippen LogP contribution in [0.1, 0.15) is 27.8 Å². The smallest absolute Gasteiger partial charge is 0.291 e. The molecule has 0 amide bonds. The van der Waals surface area contributed by atoms with Gasteiger partial charge in [-0.25, -0.2) is 6.57 Å². The van der Waals surface area contributed by atoms with Gasteiger partial charge in [0.05, 0.1) is 5.56 Å². The second-order valence-electron chi connectivity index (χ2n) is 7.54. The predicted molar refractivity (Wildman–Crippen MR) is 118 cm³/mol. The average Bonchev–Trinajstić information content (AvgIpc) is 3.06. The summed E-state index contributed by atoms with van der Waals surface area (Å²) >= 11 is 0. The van der Waals surface area contributed by atoms with Gasteiger partial charge in [0.15, 0.2) is 0 Å². The minimum atomic E-state index is -1.39. The van der Waals surface area contributed by atoms with E-state index in [0.717, 1.165) is 22.3 Å². The summed E-state index contributed by atoms with van der Waals surface area (Å²) in [6.07, 6.45) is 0. The molecule has 0 radical (unpaired) electrons. The first kappa shape index (κ1) is 18.1. The van der Waals surface area contributed by atoms with Crippen LogP contribution in [0.2, 0.25) is 0 Å².